The fraction of sp³-hybridized carbons (Fsp3) is 0.333. The van der Waals surface area contributed by atoms with Crippen LogP contribution in [0.5, 0.6) is 0 Å². The lowest BCUT2D eigenvalue weighted by Crippen LogP contribution is -2.07. The number of hydrogen-bond donors (Lipinski definition) is 0. The van der Waals surface area contributed by atoms with Gasteiger partial charge in [0.1, 0.15) is 0 Å². The number of esters is 1. The summed E-state index contributed by atoms with van der Waals surface area (Å²) in [5, 5.41) is 3.66. The lowest BCUT2D eigenvalue weighted by atomic mass is 10.4. The second kappa shape index (κ2) is 4.96. The van der Waals surface area contributed by atoms with Crippen LogP contribution in [-0.2, 0) is 10.9 Å². The molecule has 0 bridgehead atoms. The average Bonchev–Trinajstić information content (AvgIpc) is 2.97. The predicted octanol–water partition coefficient (Wildman–Crippen LogP) is 1.92. The van der Waals surface area contributed by atoms with Crippen molar-refractivity contribution in [2.75, 3.05) is 6.61 Å². The summed E-state index contributed by atoms with van der Waals surface area (Å²) in [6.45, 7) is 1.84. The standard InChI is InChI=1S/C9H7F3N4O2S/c1-2-18-6(17)5-3-13-16(4-5)8-14-7(15-19-8)9(10,11)12/h3-4H,2H2,1H3. The molecule has 2 aromatic heterocycles. The zero-order valence-corrected chi connectivity index (χ0v) is 10.3. The van der Waals surface area contributed by atoms with Crippen LogP contribution in [-0.4, -0.2) is 31.7 Å². The van der Waals surface area contributed by atoms with Crippen LogP contribution in [0.25, 0.3) is 5.13 Å². The minimum absolute atomic E-state index is 0.0807. The molecule has 10 heteroatoms. The summed E-state index contributed by atoms with van der Waals surface area (Å²) < 4.78 is 45.9. The molecule has 2 heterocycles. The number of ether oxygens (including phenoxy) is 1. The van der Waals surface area contributed by atoms with E-state index in [4.69, 9.17) is 4.74 Å². The zero-order valence-electron chi connectivity index (χ0n) is 9.51. The Morgan fingerprint density at radius 3 is 2.84 bits per heavy atom. The van der Waals surface area contributed by atoms with Gasteiger partial charge in [-0.3, -0.25) is 0 Å². The largest absolute Gasteiger partial charge is 0.462 e. The molecule has 0 saturated heterocycles. The number of carbonyl (C=O) groups is 1. The molecule has 2 rings (SSSR count). The van der Waals surface area contributed by atoms with Crippen molar-refractivity contribution >= 4 is 17.5 Å². The van der Waals surface area contributed by atoms with Gasteiger partial charge >= 0.3 is 12.1 Å². The molecule has 0 aliphatic heterocycles. The van der Waals surface area contributed by atoms with E-state index in [1.54, 1.807) is 6.92 Å². The van der Waals surface area contributed by atoms with E-state index in [1.807, 2.05) is 0 Å². The fourth-order valence-corrected chi connectivity index (χ4v) is 1.79. The van der Waals surface area contributed by atoms with Gasteiger partial charge in [0.05, 0.1) is 18.4 Å². The summed E-state index contributed by atoms with van der Waals surface area (Å²) in [5.74, 6) is -1.84. The molecule has 102 valence electrons. The van der Waals surface area contributed by atoms with Crippen LogP contribution in [0.1, 0.15) is 23.1 Å². The highest BCUT2D eigenvalue weighted by Gasteiger charge is 2.36. The molecule has 0 aromatic carbocycles. The van der Waals surface area contributed by atoms with E-state index >= 15 is 0 Å². The Bertz CT molecular complexity index is 592. The highest BCUT2D eigenvalue weighted by molar-refractivity contribution is 7.08. The van der Waals surface area contributed by atoms with Crippen molar-refractivity contribution in [1.29, 1.82) is 0 Å². The van der Waals surface area contributed by atoms with Gasteiger partial charge in [-0.2, -0.15) is 27.6 Å². The molecule has 19 heavy (non-hydrogen) atoms. The first kappa shape index (κ1) is 13.5. The molecule has 0 aliphatic rings. The van der Waals surface area contributed by atoms with Crippen molar-refractivity contribution in [2.24, 2.45) is 0 Å². The van der Waals surface area contributed by atoms with Gasteiger partial charge < -0.3 is 4.74 Å². The van der Waals surface area contributed by atoms with E-state index in [1.165, 1.54) is 12.4 Å². The minimum Gasteiger partial charge on any atom is -0.462 e. The molecule has 0 unspecified atom stereocenters. The minimum atomic E-state index is -4.61. The third-order valence-electron chi connectivity index (χ3n) is 1.96. The molecule has 0 radical (unpaired) electrons. The zero-order chi connectivity index (χ0) is 14.0. The van der Waals surface area contributed by atoms with Crippen molar-refractivity contribution in [3.05, 3.63) is 23.8 Å². The molecule has 0 N–H and O–H groups in total. The summed E-state index contributed by atoms with van der Waals surface area (Å²) in [4.78, 5) is 14.7. The smallest absolute Gasteiger partial charge is 0.452 e. The lowest BCUT2D eigenvalue weighted by molar-refractivity contribution is -0.144. The van der Waals surface area contributed by atoms with Gasteiger partial charge in [0, 0.05) is 17.7 Å². The van der Waals surface area contributed by atoms with Crippen LogP contribution in [0.4, 0.5) is 13.2 Å². The van der Waals surface area contributed by atoms with Gasteiger partial charge in [0.25, 0.3) is 0 Å². The fourth-order valence-electron chi connectivity index (χ4n) is 1.17. The summed E-state index contributed by atoms with van der Waals surface area (Å²) in [7, 11) is 0. The molecular weight excluding hydrogens is 285 g/mol. The third-order valence-corrected chi connectivity index (χ3v) is 2.66. The third kappa shape index (κ3) is 2.89. The van der Waals surface area contributed by atoms with Crippen LogP contribution in [0.2, 0.25) is 0 Å². The Balaban J connectivity index is 2.23. The van der Waals surface area contributed by atoms with Crippen LogP contribution < -0.4 is 0 Å². The van der Waals surface area contributed by atoms with E-state index in [0.717, 1.165) is 4.68 Å². The monoisotopic (exact) mass is 292 g/mol. The maximum Gasteiger partial charge on any atom is 0.452 e. The quantitative estimate of drug-likeness (QED) is 0.808. The molecule has 6 nitrogen and oxygen atoms in total. The Kier molecular flexibility index (Phi) is 3.51. The van der Waals surface area contributed by atoms with E-state index in [0.29, 0.717) is 11.5 Å². The van der Waals surface area contributed by atoms with Crippen molar-refractivity contribution in [3.63, 3.8) is 0 Å². The number of alkyl halides is 3. The van der Waals surface area contributed by atoms with E-state index in [-0.39, 0.29) is 17.3 Å². The van der Waals surface area contributed by atoms with E-state index in [9.17, 15) is 18.0 Å². The van der Waals surface area contributed by atoms with Crippen LogP contribution in [0.3, 0.4) is 0 Å². The highest BCUT2D eigenvalue weighted by atomic mass is 32.1. The Morgan fingerprint density at radius 1 is 1.53 bits per heavy atom. The molecule has 0 aliphatic carbocycles. The number of carbonyl (C=O) groups excluding carboxylic acids is 1. The van der Waals surface area contributed by atoms with Gasteiger partial charge in [-0.25, -0.2) is 9.48 Å². The van der Waals surface area contributed by atoms with Gasteiger partial charge in [-0.1, -0.05) is 0 Å². The number of rotatable bonds is 3. The number of hydrogen-bond acceptors (Lipinski definition) is 6. The van der Waals surface area contributed by atoms with Crippen LogP contribution >= 0.6 is 11.5 Å². The Hall–Kier alpha value is -1.97. The second-order valence-corrected chi connectivity index (χ2v) is 4.02. The van der Waals surface area contributed by atoms with Crippen molar-refractivity contribution in [2.45, 2.75) is 13.1 Å². The van der Waals surface area contributed by atoms with Gasteiger partial charge in [-0.05, 0) is 6.92 Å². The topological polar surface area (TPSA) is 69.9 Å². The number of aromatic nitrogens is 4. The lowest BCUT2D eigenvalue weighted by Gasteiger charge is -1.98. The molecular formula is C9H7F3N4O2S. The summed E-state index contributed by atoms with van der Waals surface area (Å²) >= 11 is 0.535. The number of halogens is 3. The molecule has 0 fully saturated rings. The Morgan fingerprint density at radius 2 is 2.26 bits per heavy atom. The SMILES string of the molecule is CCOC(=O)c1cnn(-c2nc(C(F)(F)F)ns2)c1. The summed E-state index contributed by atoms with van der Waals surface area (Å²) in [5.41, 5.74) is 0.130. The van der Waals surface area contributed by atoms with Crippen molar-refractivity contribution < 1.29 is 22.7 Å². The molecule has 2 aromatic rings. The van der Waals surface area contributed by atoms with Gasteiger partial charge in [-0.15, -0.1) is 0 Å². The summed E-state index contributed by atoms with van der Waals surface area (Å²) in [6, 6.07) is 0. The predicted molar refractivity (Wildman–Crippen MR) is 58.0 cm³/mol. The second-order valence-electron chi connectivity index (χ2n) is 3.29. The number of nitrogens with zero attached hydrogens (tertiary/aromatic N) is 4. The van der Waals surface area contributed by atoms with Gasteiger partial charge in [0.2, 0.25) is 11.0 Å². The maximum atomic E-state index is 12.3. The Labute approximate surface area is 109 Å². The molecule has 0 amide bonds. The van der Waals surface area contributed by atoms with Crippen LogP contribution in [0, 0.1) is 0 Å². The molecule has 0 atom stereocenters. The first-order valence-corrected chi connectivity index (χ1v) is 5.82. The van der Waals surface area contributed by atoms with Crippen molar-refractivity contribution in [3.8, 4) is 5.13 Å². The normalized spacial score (nSPS) is 11.6. The van der Waals surface area contributed by atoms with E-state index in [2.05, 4.69) is 14.5 Å². The molecule has 0 saturated carbocycles. The molecule has 0 spiro atoms. The summed E-state index contributed by atoms with van der Waals surface area (Å²) in [6.07, 6.45) is -2.18. The van der Waals surface area contributed by atoms with E-state index < -0.39 is 18.0 Å². The first-order chi connectivity index (χ1) is 8.91. The van der Waals surface area contributed by atoms with Gasteiger partial charge in [0.15, 0.2) is 0 Å². The average molecular weight is 292 g/mol. The van der Waals surface area contributed by atoms with Crippen LogP contribution in [0.15, 0.2) is 12.4 Å². The maximum absolute atomic E-state index is 12.3. The highest BCUT2D eigenvalue weighted by Crippen LogP contribution is 2.28. The first-order valence-electron chi connectivity index (χ1n) is 5.05. The van der Waals surface area contributed by atoms with Crippen molar-refractivity contribution in [1.82, 2.24) is 19.1 Å².